The smallest absolute Gasteiger partial charge is 0.394 e. The summed E-state index contributed by atoms with van der Waals surface area (Å²) in [6.45, 7) is 0.366. The minimum absolute atomic E-state index is 0.0579. The van der Waals surface area contributed by atoms with Gasteiger partial charge in [0.15, 0.2) is 0 Å². The Bertz CT molecular complexity index is 566. The number of urea groups is 1. The van der Waals surface area contributed by atoms with Crippen LogP contribution in [0.25, 0.3) is 0 Å². The van der Waals surface area contributed by atoms with Crippen molar-refractivity contribution >= 4 is 23.5 Å². The molecule has 0 bridgehead atoms. The monoisotopic (exact) mass is 363 g/mol. The summed E-state index contributed by atoms with van der Waals surface area (Å²) < 4.78 is 36.9. The number of nitrogens with zero attached hydrogens (tertiary/aromatic N) is 2. The van der Waals surface area contributed by atoms with Gasteiger partial charge in [-0.2, -0.15) is 13.2 Å². The standard InChI is InChI=1S/C15H20F3N3O2S/c1-20(2)11-7-12(9-22)21(8-11)14(23)19-10-3-5-13(6-4-10)24-15(16,17)18/h3-6,11-12,22H,7-9H2,1-2H3,(H,19,23)/t11-,12+/m1/s1. The Morgan fingerprint density at radius 1 is 1.38 bits per heavy atom. The lowest BCUT2D eigenvalue weighted by molar-refractivity contribution is -0.0328. The highest BCUT2D eigenvalue weighted by Gasteiger charge is 2.35. The van der Waals surface area contributed by atoms with Gasteiger partial charge in [-0.15, -0.1) is 0 Å². The zero-order chi connectivity index (χ0) is 17.9. The average molecular weight is 363 g/mol. The van der Waals surface area contributed by atoms with Crippen molar-refractivity contribution in [2.75, 3.05) is 32.6 Å². The molecule has 1 saturated heterocycles. The van der Waals surface area contributed by atoms with Crippen LogP contribution < -0.4 is 5.32 Å². The van der Waals surface area contributed by atoms with Crippen molar-refractivity contribution in [2.24, 2.45) is 0 Å². The van der Waals surface area contributed by atoms with Crippen LogP contribution >= 0.6 is 11.8 Å². The number of hydrogen-bond acceptors (Lipinski definition) is 4. The molecule has 24 heavy (non-hydrogen) atoms. The van der Waals surface area contributed by atoms with Crippen molar-refractivity contribution in [3.8, 4) is 0 Å². The summed E-state index contributed by atoms with van der Waals surface area (Å²) in [5, 5.41) is 12.1. The van der Waals surface area contributed by atoms with Crippen LogP contribution in [0.2, 0.25) is 0 Å². The molecular formula is C15H20F3N3O2S. The van der Waals surface area contributed by atoms with Gasteiger partial charge in [0, 0.05) is 23.2 Å². The minimum atomic E-state index is -4.34. The summed E-state index contributed by atoms with van der Waals surface area (Å²) in [6, 6.07) is 5.01. The highest BCUT2D eigenvalue weighted by Crippen LogP contribution is 2.37. The van der Waals surface area contributed by atoms with Crippen molar-refractivity contribution in [1.29, 1.82) is 0 Å². The van der Waals surface area contributed by atoms with E-state index in [0.29, 0.717) is 18.7 Å². The first-order valence-electron chi connectivity index (χ1n) is 7.40. The molecule has 134 valence electrons. The minimum Gasteiger partial charge on any atom is -0.394 e. The molecular weight excluding hydrogens is 343 g/mol. The fourth-order valence-electron chi connectivity index (χ4n) is 2.62. The number of amides is 2. The molecule has 0 radical (unpaired) electrons. The lowest BCUT2D eigenvalue weighted by atomic mass is 10.2. The Balaban J connectivity index is 1.99. The predicted octanol–water partition coefficient (Wildman–Crippen LogP) is 2.83. The zero-order valence-corrected chi connectivity index (χ0v) is 14.2. The van der Waals surface area contributed by atoms with Gasteiger partial charge in [0.2, 0.25) is 0 Å². The van der Waals surface area contributed by atoms with E-state index in [1.54, 1.807) is 4.90 Å². The number of alkyl halides is 3. The van der Waals surface area contributed by atoms with Crippen LogP contribution in [-0.2, 0) is 0 Å². The van der Waals surface area contributed by atoms with Crippen molar-refractivity contribution in [3.05, 3.63) is 24.3 Å². The number of likely N-dealkylation sites (tertiary alicyclic amines) is 1. The predicted molar refractivity (Wildman–Crippen MR) is 87.0 cm³/mol. The molecule has 5 nitrogen and oxygen atoms in total. The first-order chi connectivity index (χ1) is 11.2. The Morgan fingerprint density at radius 3 is 2.50 bits per heavy atom. The topological polar surface area (TPSA) is 55.8 Å². The van der Waals surface area contributed by atoms with Crippen molar-refractivity contribution in [1.82, 2.24) is 9.80 Å². The van der Waals surface area contributed by atoms with E-state index in [1.165, 1.54) is 24.3 Å². The Kier molecular flexibility index (Phi) is 6.00. The number of rotatable bonds is 4. The molecule has 1 fully saturated rings. The van der Waals surface area contributed by atoms with Crippen LogP contribution in [0.5, 0.6) is 0 Å². The highest BCUT2D eigenvalue weighted by atomic mass is 32.2. The largest absolute Gasteiger partial charge is 0.446 e. The number of carbonyl (C=O) groups is 1. The summed E-state index contributed by atoms with van der Waals surface area (Å²) >= 11 is -0.201. The lowest BCUT2D eigenvalue weighted by Gasteiger charge is -2.23. The number of anilines is 1. The Morgan fingerprint density at radius 2 is 2.00 bits per heavy atom. The third-order valence-electron chi connectivity index (χ3n) is 3.93. The summed E-state index contributed by atoms with van der Waals surface area (Å²) in [5.74, 6) is 0. The van der Waals surface area contributed by atoms with Crippen LogP contribution in [0, 0.1) is 0 Å². The van der Waals surface area contributed by atoms with Gasteiger partial charge in [0.1, 0.15) is 0 Å². The van der Waals surface area contributed by atoms with E-state index < -0.39 is 5.51 Å². The summed E-state index contributed by atoms with van der Waals surface area (Å²) in [6.07, 6.45) is 0.679. The van der Waals surface area contributed by atoms with Crippen LogP contribution in [0.15, 0.2) is 29.2 Å². The van der Waals surface area contributed by atoms with E-state index in [9.17, 15) is 23.1 Å². The summed E-state index contributed by atoms with van der Waals surface area (Å²) in [4.78, 5) is 16.0. The number of benzene rings is 1. The molecule has 1 aromatic carbocycles. The van der Waals surface area contributed by atoms with E-state index >= 15 is 0 Å². The lowest BCUT2D eigenvalue weighted by Crippen LogP contribution is -2.41. The fourth-order valence-corrected chi connectivity index (χ4v) is 3.16. The number of likely N-dealkylation sites (N-methyl/N-ethyl adjacent to an activating group) is 1. The molecule has 1 aliphatic heterocycles. The van der Waals surface area contributed by atoms with Gasteiger partial charge in [-0.1, -0.05) is 0 Å². The van der Waals surface area contributed by atoms with E-state index in [-0.39, 0.29) is 41.4 Å². The maximum absolute atomic E-state index is 12.4. The van der Waals surface area contributed by atoms with Crippen molar-refractivity contribution in [2.45, 2.75) is 28.9 Å². The molecule has 1 aromatic rings. The quantitative estimate of drug-likeness (QED) is 0.808. The second-order valence-corrected chi connectivity index (χ2v) is 6.98. The van der Waals surface area contributed by atoms with E-state index in [0.717, 1.165) is 0 Å². The first-order valence-corrected chi connectivity index (χ1v) is 8.22. The molecule has 2 atom stereocenters. The second-order valence-electron chi connectivity index (χ2n) is 5.84. The maximum atomic E-state index is 12.4. The van der Waals surface area contributed by atoms with Crippen molar-refractivity contribution in [3.63, 3.8) is 0 Å². The maximum Gasteiger partial charge on any atom is 0.446 e. The zero-order valence-electron chi connectivity index (χ0n) is 13.4. The van der Waals surface area contributed by atoms with Crippen LogP contribution in [0.1, 0.15) is 6.42 Å². The molecule has 1 aliphatic rings. The SMILES string of the molecule is CN(C)[C@@H]1C[C@@H](CO)N(C(=O)Nc2ccc(SC(F)(F)F)cc2)C1. The number of halogens is 3. The van der Waals surface area contributed by atoms with Gasteiger partial charge in [0.25, 0.3) is 0 Å². The first kappa shape index (κ1) is 18.9. The Hall–Kier alpha value is -1.45. The molecule has 0 aromatic heterocycles. The van der Waals surface area contributed by atoms with Gasteiger partial charge in [-0.25, -0.2) is 4.79 Å². The third kappa shape index (κ3) is 5.02. The number of nitrogens with one attached hydrogen (secondary N) is 1. The molecule has 2 rings (SSSR count). The van der Waals surface area contributed by atoms with Crippen LogP contribution in [-0.4, -0.2) is 65.8 Å². The average Bonchev–Trinajstić information content (AvgIpc) is 2.92. The molecule has 0 spiro atoms. The van der Waals surface area contributed by atoms with Gasteiger partial charge >= 0.3 is 11.5 Å². The van der Waals surface area contributed by atoms with Crippen LogP contribution in [0.4, 0.5) is 23.7 Å². The fraction of sp³-hybridized carbons (Fsp3) is 0.533. The molecule has 9 heteroatoms. The molecule has 2 amide bonds. The number of carbonyl (C=O) groups excluding carboxylic acids is 1. The number of aliphatic hydroxyl groups excluding tert-OH is 1. The second kappa shape index (κ2) is 7.62. The number of hydrogen-bond donors (Lipinski definition) is 2. The van der Waals surface area contributed by atoms with Crippen LogP contribution in [0.3, 0.4) is 0 Å². The van der Waals surface area contributed by atoms with Gasteiger partial charge in [0.05, 0.1) is 12.6 Å². The molecule has 0 aliphatic carbocycles. The van der Waals surface area contributed by atoms with E-state index in [1.807, 2.05) is 19.0 Å². The molecule has 0 unspecified atom stereocenters. The van der Waals surface area contributed by atoms with Crippen molar-refractivity contribution < 1.29 is 23.1 Å². The molecule has 0 saturated carbocycles. The normalized spacial score (nSPS) is 21.4. The Labute approximate surface area is 142 Å². The highest BCUT2D eigenvalue weighted by molar-refractivity contribution is 8.00. The number of aliphatic hydroxyl groups is 1. The molecule has 2 N–H and O–H groups in total. The van der Waals surface area contributed by atoms with Gasteiger partial charge in [-0.05, 0) is 56.5 Å². The van der Waals surface area contributed by atoms with Gasteiger partial charge < -0.3 is 20.2 Å². The van der Waals surface area contributed by atoms with Gasteiger partial charge in [-0.3, -0.25) is 0 Å². The summed E-state index contributed by atoms with van der Waals surface area (Å²) in [7, 11) is 3.83. The third-order valence-corrected chi connectivity index (χ3v) is 4.67. The van der Waals surface area contributed by atoms with E-state index in [4.69, 9.17) is 0 Å². The summed E-state index contributed by atoms with van der Waals surface area (Å²) in [5.41, 5.74) is -3.92. The molecule has 1 heterocycles. The van der Waals surface area contributed by atoms with E-state index in [2.05, 4.69) is 5.32 Å². The number of thioether (sulfide) groups is 1.